The zero-order valence-corrected chi connectivity index (χ0v) is 13.8. The van der Waals surface area contributed by atoms with Crippen LogP contribution >= 0.6 is 0 Å². The molecule has 0 aromatic rings. The molecule has 0 unspecified atom stereocenters. The Morgan fingerprint density at radius 3 is 1.44 bits per heavy atom. The molecule has 0 heterocycles. The van der Waals surface area contributed by atoms with E-state index in [0.717, 1.165) is 6.42 Å². The molecule has 0 aliphatic heterocycles. The van der Waals surface area contributed by atoms with Crippen molar-refractivity contribution in [2.24, 2.45) is 0 Å². The van der Waals surface area contributed by atoms with E-state index in [4.69, 9.17) is 8.85 Å². The molecular formula is C12H28O2Si2. The first kappa shape index (κ1) is 14.4. The third-order valence-corrected chi connectivity index (χ3v) is 4.70. The first-order chi connectivity index (χ1) is 7.16. The first-order valence-electron chi connectivity index (χ1n) is 6.51. The summed E-state index contributed by atoms with van der Waals surface area (Å²) in [5.41, 5.74) is 0. The fourth-order valence-corrected chi connectivity index (χ4v) is 4.74. The minimum absolute atomic E-state index is 0.460. The van der Waals surface area contributed by atoms with Crippen molar-refractivity contribution in [3.8, 4) is 0 Å². The molecule has 0 spiro atoms. The summed E-state index contributed by atoms with van der Waals surface area (Å²) in [6.07, 6.45) is 5.77. The summed E-state index contributed by atoms with van der Waals surface area (Å²) in [7, 11) is -2.75. The highest BCUT2D eigenvalue weighted by Crippen LogP contribution is 2.27. The Morgan fingerprint density at radius 1 is 0.750 bits per heavy atom. The fourth-order valence-electron chi connectivity index (χ4n) is 2.32. The standard InChI is InChI=1S/C12H28O2Si2/c1-15(2,3)13-11-8-7-9-12(10-11)14-16(4,5)6/h11-12H,7-10H2,1-6H3/t11-,12+. The van der Waals surface area contributed by atoms with E-state index >= 15 is 0 Å². The molecule has 0 aromatic carbocycles. The molecule has 1 aliphatic rings. The highest BCUT2D eigenvalue weighted by molar-refractivity contribution is 6.70. The highest BCUT2D eigenvalue weighted by Gasteiger charge is 2.30. The normalized spacial score (nSPS) is 28.1. The fraction of sp³-hybridized carbons (Fsp3) is 1.00. The Morgan fingerprint density at radius 2 is 1.12 bits per heavy atom. The summed E-state index contributed by atoms with van der Waals surface area (Å²) in [5.74, 6) is 0. The predicted molar refractivity (Wildman–Crippen MR) is 74.9 cm³/mol. The van der Waals surface area contributed by atoms with Gasteiger partial charge in [-0.2, -0.15) is 0 Å². The Bertz CT molecular complexity index is 196. The molecule has 1 saturated carbocycles. The molecule has 4 heteroatoms. The van der Waals surface area contributed by atoms with Crippen LogP contribution in [0.3, 0.4) is 0 Å². The van der Waals surface area contributed by atoms with Crippen LogP contribution < -0.4 is 0 Å². The van der Waals surface area contributed by atoms with Crippen molar-refractivity contribution < 1.29 is 8.85 Å². The van der Waals surface area contributed by atoms with Gasteiger partial charge in [0.1, 0.15) is 0 Å². The van der Waals surface area contributed by atoms with Gasteiger partial charge in [0.25, 0.3) is 0 Å². The van der Waals surface area contributed by atoms with Gasteiger partial charge in [0.05, 0.1) is 0 Å². The van der Waals surface area contributed by atoms with E-state index in [0.29, 0.717) is 12.2 Å². The minimum Gasteiger partial charge on any atom is -0.415 e. The largest absolute Gasteiger partial charge is 0.415 e. The Balaban J connectivity index is 2.41. The second-order valence-corrected chi connectivity index (χ2v) is 15.8. The topological polar surface area (TPSA) is 18.5 Å². The molecule has 1 aliphatic carbocycles. The zero-order chi connectivity index (χ0) is 12.4. The summed E-state index contributed by atoms with van der Waals surface area (Å²) in [6, 6.07) is 0. The molecule has 1 rings (SSSR count). The van der Waals surface area contributed by atoms with Crippen LogP contribution in [0.4, 0.5) is 0 Å². The van der Waals surface area contributed by atoms with Crippen LogP contribution in [0.1, 0.15) is 25.7 Å². The lowest BCUT2D eigenvalue weighted by molar-refractivity contribution is 0.0602. The van der Waals surface area contributed by atoms with E-state index in [2.05, 4.69) is 39.3 Å². The molecule has 2 nitrogen and oxygen atoms in total. The van der Waals surface area contributed by atoms with Gasteiger partial charge in [0, 0.05) is 12.2 Å². The predicted octanol–water partition coefficient (Wildman–Crippen LogP) is 4.00. The molecule has 0 N–H and O–H groups in total. The maximum Gasteiger partial charge on any atom is 0.184 e. The molecule has 1 fully saturated rings. The number of hydrogen-bond acceptors (Lipinski definition) is 2. The van der Waals surface area contributed by atoms with Crippen LogP contribution in [0.5, 0.6) is 0 Å². The van der Waals surface area contributed by atoms with E-state index in [-0.39, 0.29) is 0 Å². The van der Waals surface area contributed by atoms with Crippen molar-refractivity contribution in [2.45, 2.75) is 77.2 Å². The van der Waals surface area contributed by atoms with Gasteiger partial charge in [-0.05, 0) is 65.0 Å². The molecular weight excluding hydrogens is 232 g/mol. The van der Waals surface area contributed by atoms with Gasteiger partial charge in [-0.1, -0.05) is 0 Å². The number of rotatable bonds is 4. The Labute approximate surface area is 103 Å². The second kappa shape index (κ2) is 5.33. The molecule has 96 valence electrons. The third kappa shape index (κ3) is 6.18. The summed E-state index contributed by atoms with van der Waals surface area (Å²) in [5, 5.41) is 0. The molecule has 0 aromatic heterocycles. The van der Waals surface area contributed by atoms with E-state index < -0.39 is 16.6 Å². The molecule has 0 amide bonds. The highest BCUT2D eigenvalue weighted by atomic mass is 28.4. The van der Waals surface area contributed by atoms with E-state index in [1.807, 2.05) is 0 Å². The summed E-state index contributed by atoms with van der Waals surface area (Å²) in [4.78, 5) is 0. The van der Waals surface area contributed by atoms with Gasteiger partial charge in [0.2, 0.25) is 0 Å². The van der Waals surface area contributed by atoms with Crippen LogP contribution in [0.25, 0.3) is 0 Å². The molecule has 0 saturated heterocycles. The lowest BCUT2D eigenvalue weighted by Crippen LogP contribution is -2.40. The quantitative estimate of drug-likeness (QED) is 0.711. The van der Waals surface area contributed by atoms with E-state index in [9.17, 15) is 0 Å². The Kier molecular flexibility index (Phi) is 4.81. The SMILES string of the molecule is C[Si](C)(C)O[C@@H]1CCC[C@H](O[Si](C)(C)C)C1. The average molecular weight is 261 g/mol. The zero-order valence-electron chi connectivity index (χ0n) is 11.8. The van der Waals surface area contributed by atoms with Crippen molar-refractivity contribution in [1.29, 1.82) is 0 Å². The van der Waals surface area contributed by atoms with Crippen molar-refractivity contribution in [1.82, 2.24) is 0 Å². The van der Waals surface area contributed by atoms with Crippen LogP contribution in [-0.2, 0) is 8.85 Å². The monoisotopic (exact) mass is 260 g/mol. The van der Waals surface area contributed by atoms with Gasteiger partial charge in [-0.15, -0.1) is 0 Å². The maximum absolute atomic E-state index is 6.20. The lowest BCUT2D eigenvalue weighted by Gasteiger charge is -2.36. The third-order valence-electron chi connectivity index (χ3n) is 2.62. The molecule has 16 heavy (non-hydrogen) atoms. The van der Waals surface area contributed by atoms with Crippen LogP contribution in [0, 0.1) is 0 Å². The van der Waals surface area contributed by atoms with Crippen LogP contribution in [-0.4, -0.2) is 28.8 Å². The maximum atomic E-state index is 6.20. The van der Waals surface area contributed by atoms with Crippen molar-refractivity contribution in [3.63, 3.8) is 0 Å². The summed E-state index contributed by atoms with van der Waals surface area (Å²) >= 11 is 0. The smallest absolute Gasteiger partial charge is 0.184 e. The molecule has 2 atom stereocenters. The number of hydrogen-bond donors (Lipinski definition) is 0. The van der Waals surface area contributed by atoms with E-state index in [1.54, 1.807) is 0 Å². The molecule has 0 bridgehead atoms. The van der Waals surface area contributed by atoms with Gasteiger partial charge < -0.3 is 8.85 Å². The van der Waals surface area contributed by atoms with Gasteiger partial charge in [-0.3, -0.25) is 0 Å². The minimum atomic E-state index is -1.38. The summed E-state index contributed by atoms with van der Waals surface area (Å²) in [6.45, 7) is 13.6. The van der Waals surface area contributed by atoms with E-state index in [1.165, 1.54) is 19.3 Å². The van der Waals surface area contributed by atoms with Gasteiger partial charge in [-0.25, -0.2) is 0 Å². The summed E-state index contributed by atoms with van der Waals surface area (Å²) < 4.78 is 12.4. The Hall–Kier alpha value is 0.354. The van der Waals surface area contributed by atoms with Crippen molar-refractivity contribution >= 4 is 16.6 Å². The van der Waals surface area contributed by atoms with Gasteiger partial charge >= 0.3 is 0 Å². The molecule has 0 radical (unpaired) electrons. The second-order valence-electron chi connectivity index (χ2n) is 6.87. The lowest BCUT2D eigenvalue weighted by atomic mass is 9.95. The van der Waals surface area contributed by atoms with Crippen molar-refractivity contribution in [2.75, 3.05) is 0 Å². The average Bonchev–Trinajstić information content (AvgIpc) is 1.96. The van der Waals surface area contributed by atoms with Crippen LogP contribution in [0.2, 0.25) is 39.3 Å². The van der Waals surface area contributed by atoms with Crippen LogP contribution in [0.15, 0.2) is 0 Å². The van der Waals surface area contributed by atoms with Gasteiger partial charge in [0.15, 0.2) is 16.6 Å². The first-order valence-corrected chi connectivity index (χ1v) is 13.3. The van der Waals surface area contributed by atoms with Crippen molar-refractivity contribution in [3.05, 3.63) is 0 Å².